The lowest BCUT2D eigenvalue weighted by atomic mass is 10.2. The maximum atomic E-state index is 10.7. The second-order valence-corrected chi connectivity index (χ2v) is 6.03. The number of ether oxygens (including phenoxy) is 2. The summed E-state index contributed by atoms with van der Waals surface area (Å²) < 4.78 is 11.4. The molecule has 0 spiro atoms. The Morgan fingerprint density at radius 2 is 1.21 bits per heavy atom. The predicted octanol–water partition coefficient (Wildman–Crippen LogP) is 4.37. The molecule has 0 fully saturated rings. The fraction of sp³-hybridized carbons (Fsp3) is 0.100. The van der Waals surface area contributed by atoms with Crippen LogP contribution in [0.3, 0.4) is 0 Å². The third kappa shape index (κ3) is 4.98. The van der Waals surface area contributed by atoms with Gasteiger partial charge in [-0.2, -0.15) is 0 Å². The fourth-order valence-corrected chi connectivity index (χ4v) is 2.51. The minimum absolute atomic E-state index is 0.0155. The van der Waals surface area contributed by atoms with Gasteiger partial charge in [-0.25, -0.2) is 0 Å². The van der Waals surface area contributed by atoms with E-state index in [0.717, 1.165) is 0 Å². The molecule has 3 aromatic rings. The molecule has 0 amide bonds. The maximum Gasteiger partial charge on any atom is 0.269 e. The highest BCUT2D eigenvalue weighted by molar-refractivity contribution is 5.50. The zero-order valence-electron chi connectivity index (χ0n) is 15.1. The van der Waals surface area contributed by atoms with Crippen molar-refractivity contribution in [2.24, 2.45) is 0 Å². The average molecular weight is 396 g/mol. The highest BCUT2D eigenvalue weighted by Crippen LogP contribution is 2.37. The molecule has 0 heterocycles. The summed E-state index contributed by atoms with van der Waals surface area (Å²) in [6, 6.07) is 16.5. The Morgan fingerprint density at radius 3 is 1.69 bits per heavy atom. The van der Waals surface area contributed by atoms with Gasteiger partial charge in [0, 0.05) is 24.3 Å². The summed E-state index contributed by atoms with van der Waals surface area (Å²) in [5.74, 6) is 0.311. The van der Waals surface area contributed by atoms with Gasteiger partial charge in [-0.3, -0.25) is 20.2 Å². The number of non-ortho nitro benzene ring substituents is 2. The molecule has 0 aliphatic rings. The monoisotopic (exact) mass is 396 g/mol. The van der Waals surface area contributed by atoms with Gasteiger partial charge in [0.05, 0.1) is 9.85 Å². The van der Waals surface area contributed by atoms with Crippen molar-refractivity contribution >= 4 is 11.4 Å². The highest BCUT2D eigenvalue weighted by atomic mass is 16.6. The molecule has 0 radical (unpaired) electrons. The van der Waals surface area contributed by atoms with E-state index in [9.17, 15) is 25.3 Å². The van der Waals surface area contributed by atoms with Crippen LogP contribution in [0.2, 0.25) is 0 Å². The van der Waals surface area contributed by atoms with Crippen molar-refractivity contribution in [3.8, 4) is 17.2 Å². The number of nitro benzene ring substituents is 2. The summed E-state index contributed by atoms with van der Waals surface area (Å²) in [6.45, 7) is 0.193. The molecule has 9 nitrogen and oxygen atoms in total. The Balaban J connectivity index is 1.68. The molecular formula is C20H16N2O7. The van der Waals surface area contributed by atoms with Gasteiger partial charge in [0.2, 0.25) is 5.75 Å². The van der Waals surface area contributed by atoms with Crippen LogP contribution in [-0.2, 0) is 13.2 Å². The van der Waals surface area contributed by atoms with E-state index < -0.39 is 9.85 Å². The topological polar surface area (TPSA) is 125 Å². The average Bonchev–Trinajstić information content (AvgIpc) is 2.72. The van der Waals surface area contributed by atoms with Gasteiger partial charge in [0.25, 0.3) is 11.4 Å². The molecule has 3 rings (SSSR count). The molecule has 3 aromatic carbocycles. The normalized spacial score (nSPS) is 10.3. The van der Waals surface area contributed by atoms with Crippen LogP contribution in [0.5, 0.6) is 17.2 Å². The number of hydrogen-bond acceptors (Lipinski definition) is 7. The van der Waals surface area contributed by atoms with Crippen molar-refractivity contribution < 1.29 is 24.4 Å². The lowest BCUT2D eigenvalue weighted by Gasteiger charge is -2.14. The van der Waals surface area contributed by atoms with Crippen LogP contribution in [-0.4, -0.2) is 15.0 Å². The Morgan fingerprint density at radius 1 is 0.724 bits per heavy atom. The van der Waals surface area contributed by atoms with Crippen molar-refractivity contribution in [1.29, 1.82) is 0 Å². The number of nitro groups is 2. The van der Waals surface area contributed by atoms with Gasteiger partial charge in [-0.15, -0.1) is 0 Å². The first-order valence-electron chi connectivity index (χ1n) is 8.48. The molecule has 148 valence electrons. The molecule has 9 heteroatoms. The minimum atomic E-state index is -0.488. The molecule has 0 aliphatic heterocycles. The number of hydrogen-bond donors (Lipinski definition) is 1. The van der Waals surface area contributed by atoms with E-state index >= 15 is 0 Å². The van der Waals surface area contributed by atoms with Crippen LogP contribution in [0.25, 0.3) is 0 Å². The van der Waals surface area contributed by atoms with Crippen molar-refractivity contribution in [1.82, 2.24) is 0 Å². The molecule has 0 saturated heterocycles. The number of aromatic hydroxyl groups is 1. The van der Waals surface area contributed by atoms with Crippen LogP contribution < -0.4 is 9.47 Å². The quantitative estimate of drug-likeness (QED) is 0.443. The van der Waals surface area contributed by atoms with E-state index in [-0.39, 0.29) is 36.1 Å². The van der Waals surface area contributed by atoms with Crippen molar-refractivity contribution in [2.45, 2.75) is 13.2 Å². The number of benzene rings is 3. The fourth-order valence-electron chi connectivity index (χ4n) is 2.51. The maximum absolute atomic E-state index is 10.7. The van der Waals surface area contributed by atoms with Crippen molar-refractivity contribution in [3.05, 3.63) is 98.1 Å². The van der Waals surface area contributed by atoms with Gasteiger partial charge < -0.3 is 14.6 Å². The van der Waals surface area contributed by atoms with Gasteiger partial charge in [-0.05, 0) is 47.5 Å². The summed E-state index contributed by atoms with van der Waals surface area (Å²) in [5, 5.41) is 31.5. The predicted molar refractivity (Wildman–Crippen MR) is 103 cm³/mol. The molecule has 29 heavy (non-hydrogen) atoms. The summed E-state index contributed by atoms with van der Waals surface area (Å²) in [5.41, 5.74) is 1.35. The molecule has 0 aromatic heterocycles. The minimum Gasteiger partial charge on any atom is -0.504 e. The van der Waals surface area contributed by atoms with Crippen LogP contribution in [0.15, 0.2) is 66.7 Å². The lowest BCUT2D eigenvalue weighted by molar-refractivity contribution is -0.385. The summed E-state index contributed by atoms with van der Waals surface area (Å²) >= 11 is 0. The van der Waals surface area contributed by atoms with E-state index in [0.29, 0.717) is 16.9 Å². The van der Waals surface area contributed by atoms with Crippen LogP contribution >= 0.6 is 0 Å². The molecule has 0 aliphatic carbocycles. The SMILES string of the molecule is O=[N+]([O-])c1ccc(COc2cccc(O)c2OCc2ccc([N+](=O)[O-])cc2)cc1. The molecular weight excluding hydrogens is 380 g/mol. The summed E-state index contributed by atoms with van der Waals surface area (Å²) in [7, 11) is 0. The van der Waals surface area contributed by atoms with Crippen LogP contribution in [0.1, 0.15) is 11.1 Å². The smallest absolute Gasteiger partial charge is 0.269 e. The van der Waals surface area contributed by atoms with E-state index in [1.807, 2.05) is 0 Å². The highest BCUT2D eigenvalue weighted by Gasteiger charge is 2.12. The number of nitrogens with zero attached hydrogens (tertiary/aromatic N) is 2. The molecule has 1 N–H and O–H groups in total. The second kappa shape index (κ2) is 8.70. The van der Waals surface area contributed by atoms with Crippen molar-refractivity contribution in [3.63, 3.8) is 0 Å². The number of para-hydroxylation sites is 1. The molecule has 0 atom stereocenters. The van der Waals surface area contributed by atoms with Crippen molar-refractivity contribution in [2.75, 3.05) is 0 Å². The van der Waals surface area contributed by atoms with Crippen LogP contribution in [0.4, 0.5) is 11.4 Å². The Labute approximate surface area is 165 Å². The first-order chi connectivity index (χ1) is 13.9. The van der Waals surface area contributed by atoms with E-state index in [1.165, 1.54) is 30.3 Å². The Bertz CT molecular complexity index is 1020. The molecule has 0 unspecified atom stereocenters. The van der Waals surface area contributed by atoms with Gasteiger partial charge in [0.1, 0.15) is 13.2 Å². The van der Waals surface area contributed by atoms with E-state index in [1.54, 1.807) is 36.4 Å². The third-order valence-corrected chi connectivity index (χ3v) is 4.03. The Hall–Kier alpha value is -4.14. The molecule has 0 saturated carbocycles. The van der Waals surface area contributed by atoms with Gasteiger partial charge in [-0.1, -0.05) is 6.07 Å². The summed E-state index contributed by atoms with van der Waals surface area (Å²) in [6.07, 6.45) is 0. The second-order valence-electron chi connectivity index (χ2n) is 6.03. The number of phenols is 1. The standard InChI is InChI=1S/C20H16N2O7/c23-18-2-1-3-19(28-12-14-4-8-16(9-5-14)21(24)25)20(18)29-13-15-6-10-17(11-7-15)22(26)27/h1-11,23H,12-13H2. The van der Waals surface area contributed by atoms with E-state index in [2.05, 4.69) is 0 Å². The number of rotatable bonds is 8. The van der Waals surface area contributed by atoms with Crippen LogP contribution in [0, 0.1) is 20.2 Å². The lowest BCUT2D eigenvalue weighted by Crippen LogP contribution is -2.01. The number of phenolic OH excluding ortho intramolecular Hbond substituents is 1. The first-order valence-corrected chi connectivity index (χ1v) is 8.48. The van der Waals surface area contributed by atoms with E-state index in [4.69, 9.17) is 9.47 Å². The third-order valence-electron chi connectivity index (χ3n) is 4.03. The van der Waals surface area contributed by atoms with Gasteiger partial charge >= 0.3 is 0 Å². The zero-order valence-corrected chi connectivity index (χ0v) is 15.1. The van der Waals surface area contributed by atoms with Gasteiger partial charge in [0.15, 0.2) is 11.5 Å². The largest absolute Gasteiger partial charge is 0.504 e. The molecule has 0 bridgehead atoms. The Kier molecular flexibility index (Phi) is 5.88. The summed E-state index contributed by atoms with van der Waals surface area (Å²) in [4.78, 5) is 20.5. The first kappa shape index (κ1) is 19.6. The zero-order chi connectivity index (χ0) is 20.8.